The number of anilines is 1. The van der Waals surface area contributed by atoms with E-state index < -0.39 is 0 Å². The van der Waals surface area contributed by atoms with Gasteiger partial charge in [-0.25, -0.2) is 4.98 Å². The van der Waals surface area contributed by atoms with Crippen molar-refractivity contribution in [2.75, 3.05) is 5.32 Å². The summed E-state index contributed by atoms with van der Waals surface area (Å²) in [5.74, 6) is 0.697. The van der Waals surface area contributed by atoms with Crippen LogP contribution in [0.25, 0.3) is 22.5 Å². The van der Waals surface area contributed by atoms with E-state index in [-0.39, 0.29) is 12.5 Å². The Morgan fingerprint density at radius 1 is 0.778 bits per heavy atom. The Morgan fingerprint density at radius 3 is 2.04 bits per heavy atom. The van der Waals surface area contributed by atoms with Crippen molar-refractivity contribution in [1.29, 1.82) is 0 Å². The van der Waals surface area contributed by atoms with E-state index in [0.29, 0.717) is 0 Å². The SMILES string of the molecule is O=C(Cn1ccnc1-c1ccccc1)Nc1ccc(-c2ccccc2)cc1. The molecule has 0 aliphatic rings. The van der Waals surface area contributed by atoms with Gasteiger partial charge in [0.05, 0.1) is 0 Å². The van der Waals surface area contributed by atoms with Gasteiger partial charge in [0.2, 0.25) is 5.91 Å². The molecular weight excluding hydrogens is 334 g/mol. The smallest absolute Gasteiger partial charge is 0.244 e. The second-order valence-electron chi connectivity index (χ2n) is 6.24. The Hall–Kier alpha value is -3.66. The topological polar surface area (TPSA) is 46.9 Å². The number of aromatic nitrogens is 2. The minimum Gasteiger partial charge on any atom is -0.325 e. The molecule has 0 saturated heterocycles. The van der Waals surface area contributed by atoms with Crippen LogP contribution in [0.3, 0.4) is 0 Å². The average molecular weight is 353 g/mol. The van der Waals surface area contributed by atoms with Gasteiger partial charge in [-0.15, -0.1) is 0 Å². The maximum absolute atomic E-state index is 12.5. The van der Waals surface area contributed by atoms with Crippen molar-refractivity contribution in [3.05, 3.63) is 97.3 Å². The molecule has 0 unspecified atom stereocenters. The van der Waals surface area contributed by atoms with Gasteiger partial charge in [0.1, 0.15) is 12.4 Å². The molecule has 1 aromatic heterocycles. The van der Waals surface area contributed by atoms with Crippen LogP contribution >= 0.6 is 0 Å². The molecule has 0 saturated carbocycles. The summed E-state index contributed by atoms with van der Waals surface area (Å²) in [5.41, 5.74) is 4.04. The van der Waals surface area contributed by atoms with Crippen LogP contribution in [-0.2, 0) is 11.3 Å². The summed E-state index contributed by atoms with van der Waals surface area (Å²) in [6.07, 6.45) is 3.53. The van der Waals surface area contributed by atoms with Crippen molar-refractivity contribution >= 4 is 11.6 Å². The number of hydrogen-bond acceptors (Lipinski definition) is 2. The highest BCUT2D eigenvalue weighted by Gasteiger charge is 2.10. The van der Waals surface area contributed by atoms with Crippen LogP contribution in [0.4, 0.5) is 5.69 Å². The lowest BCUT2D eigenvalue weighted by atomic mass is 10.1. The van der Waals surface area contributed by atoms with Gasteiger partial charge in [0, 0.05) is 23.6 Å². The Labute approximate surface area is 158 Å². The Kier molecular flexibility index (Phi) is 4.79. The zero-order valence-corrected chi connectivity index (χ0v) is 14.7. The van der Waals surface area contributed by atoms with Gasteiger partial charge < -0.3 is 9.88 Å². The minimum absolute atomic E-state index is 0.0855. The van der Waals surface area contributed by atoms with E-state index in [1.807, 2.05) is 83.6 Å². The molecule has 4 heteroatoms. The van der Waals surface area contributed by atoms with E-state index in [2.05, 4.69) is 22.4 Å². The minimum atomic E-state index is -0.0855. The molecule has 1 heterocycles. The van der Waals surface area contributed by atoms with Crippen LogP contribution in [0.2, 0.25) is 0 Å². The number of hydrogen-bond donors (Lipinski definition) is 1. The first kappa shape index (κ1) is 16.8. The molecule has 4 rings (SSSR count). The van der Waals surface area contributed by atoms with Gasteiger partial charge in [0.25, 0.3) is 0 Å². The molecule has 4 nitrogen and oxygen atoms in total. The third-order valence-electron chi connectivity index (χ3n) is 4.34. The molecule has 3 aromatic carbocycles. The molecular formula is C23H19N3O. The zero-order chi connectivity index (χ0) is 18.5. The van der Waals surface area contributed by atoms with Gasteiger partial charge in [-0.3, -0.25) is 4.79 Å². The summed E-state index contributed by atoms with van der Waals surface area (Å²) in [5, 5.41) is 2.95. The Morgan fingerprint density at radius 2 is 1.37 bits per heavy atom. The Balaban J connectivity index is 1.44. The van der Waals surface area contributed by atoms with Gasteiger partial charge in [-0.05, 0) is 23.3 Å². The van der Waals surface area contributed by atoms with Gasteiger partial charge >= 0.3 is 0 Å². The van der Waals surface area contributed by atoms with E-state index in [1.54, 1.807) is 6.20 Å². The number of carbonyl (C=O) groups excluding carboxylic acids is 1. The maximum atomic E-state index is 12.5. The van der Waals surface area contributed by atoms with E-state index in [9.17, 15) is 4.79 Å². The highest BCUT2D eigenvalue weighted by atomic mass is 16.1. The molecule has 27 heavy (non-hydrogen) atoms. The maximum Gasteiger partial charge on any atom is 0.244 e. The molecule has 4 aromatic rings. The summed E-state index contributed by atoms with van der Waals surface area (Å²) in [6.45, 7) is 0.213. The highest BCUT2D eigenvalue weighted by Crippen LogP contribution is 2.21. The number of nitrogens with zero attached hydrogens (tertiary/aromatic N) is 2. The standard InChI is InChI=1S/C23H19N3O/c27-22(17-26-16-15-24-23(26)20-9-5-2-6-10-20)25-21-13-11-19(12-14-21)18-7-3-1-4-8-18/h1-16H,17H2,(H,25,27). The molecule has 0 bridgehead atoms. The second kappa shape index (κ2) is 7.70. The molecule has 1 N–H and O–H groups in total. The molecule has 1 amide bonds. The summed E-state index contributed by atoms with van der Waals surface area (Å²) >= 11 is 0. The fourth-order valence-corrected chi connectivity index (χ4v) is 3.02. The largest absolute Gasteiger partial charge is 0.325 e. The quantitative estimate of drug-likeness (QED) is 0.557. The normalized spacial score (nSPS) is 10.5. The van der Waals surface area contributed by atoms with E-state index in [1.165, 1.54) is 0 Å². The fraction of sp³-hybridized carbons (Fsp3) is 0.0435. The van der Waals surface area contributed by atoms with Crippen molar-refractivity contribution < 1.29 is 4.79 Å². The number of rotatable bonds is 5. The monoisotopic (exact) mass is 353 g/mol. The Bertz CT molecular complexity index is 1020. The van der Waals surface area contributed by atoms with Gasteiger partial charge in [-0.1, -0.05) is 72.8 Å². The average Bonchev–Trinajstić information content (AvgIpc) is 3.18. The molecule has 132 valence electrons. The molecule has 0 aliphatic heterocycles. The number of imidazole rings is 1. The van der Waals surface area contributed by atoms with Crippen molar-refractivity contribution in [2.45, 2.75) is 6.54 Å². The molecule has 0 spiro atoms. The van der Waals surface area contributed by atoms with Crippen LogP contribution in [0, 0.1) is 0 Å². The first-order valence-corrected chi connectivity index (χ1v) is 8.81. The van der Waals surface area contributed by atoms with Crippen molar-refractivity contribution in [2.24, 2.45) is 0 Å². The number of benzene rings is 3. The second-order valence-corrected chi connectivity index (χ2v) is 6.24. The lowest BCUT2D eigenvalue weighted by molar-refractivity contribution is -0.116. The van der Waals surface area contributed by atoms with Crippen LogP contribution < -0.4 is 5.32 Å². The fourth-order valence-electron chi connectivity index (χ4n) is 3.02. The molecule has 0 fully saturated rings. The summed E-state index contributed by atoms with van der Waals surface area (Å²) < 4.78 is 1.85. The number of nitrogens with one attached hydrogen (secondary N) is 1. The van der Waals surface area contributed by atoms with Crippen LogP contribution in [-0.4, -0.2) is 15.5 Å². The molecule has 0 atom stereocenters. The predicted octanol–water partition coefficient (Wildman–Crippen LogP) is 4.86. The van der Waals surface area contributed by atoms with Gasteiger partial charge in [-0.2, -0.15) is 0 Å². The van der Waals surface area contributed by atoms with Crippen molar-refractivity contribution in [3.8, 4) is 22.5 Å². The summed E-state index contributed by atoms with van der Waals surface area (Å²) in [4.78, 5) is 16.8. The zero-order valence-electron chi connectivity index (χ0n) is 14.7. The first-order chi connectivity index (χ1) is 13.3. The third-order valence-corrected chi connectivity index (χ3v) is 4.34. The number of amides is 1. The number of carbonyl (C=O) groups is 1. The molecule has 0 aliphatic carbocycles. The third kappa shape index (κ3) is 3.96. The lowest BCUT2D eigenvalue weighted by Crippen LogP contribution is -2.18. The van der Waals surface area contributed by atoms with Crippen LogP contribution in [0.1, 0.15) is 0 Å². The lowest BCUT2D eigenvalue weighted by Gasteiger charge is -2.10. The predicted molar refractivity (Wildman–Crippen MR) is 108 cm³/mol. The summed E-state index contributed by atoms with van der Waals surface area (Å²) in [6, 6.07) is 27.9. The van der Waals surface area contributed by atoms with E-state index >= 15 is 0 Å². The van der Waals surface area contributed by atoms with Gasteiger partial charge in [0.15, 0.2) is 0 Å². The van der Waals surface area contributed by atoms with Crippen LogP contribution in [0.15, 0.2) is 97.3 Å². The van der Waals surface area contributed by atoms with E-state index in [4.69, 9.17) is 0 Å². The van der Waals surface area contributed by atoms with Crippen molar-refractivity contribution in [3.63, 3.8) is 0 Å². The molecule has 0 radical (unpaired) electrons. The van der Waals surface area contributed by atoms with E-state index in [0.717, 1.165) is 28.2 Å². The van der Waals surface area contributed by atoms with Crippen LogP contribution in [0.5, 0.6) is 0 Å². The van der Waals surface area contributed by atoms with Crippen molar-refractivity contribution in [1.82, 2.24) is 9.55 Å². The first-order valence-electron chi connectivity index (χ1n) is 8.81. The summed E-state index contributed by atoms with van der Waals surface area (Å²) in [7, 11) is 0. The highest BCUT2D eigenvalue weighted by molar-refractivity contribution is 5.91.